The molecule has 0 radical (unpaired) electrons. The lowest BCUT2D eigenvalue weighted by Gasteiger charge is -2.26. The van der Waals surface area contributed by atoms with Crippen molar-refractivity contribution in [1.82, 2.24) is 5.32 Å². The molecule has 1 saturated carbocycles. The standard InChI is InChI=1S/C13H17NO4/c15-9-3-1-8(2-4-9)14-13(18)11-6-5-10(16)7-12(11)17/h5-9,15-17H,1-4H2,(H,14,18). The Morgan fingerprint density at radius 3 is 2.44 bits per heavy atom. The first-order chi connectivity index (χ1) is 8.56. The Labute approximate surface area is 105 Å². The molecule has 5 nitrogen and oxygen atoms in total. The van der Waals surface area contributed by atoms with Crippen LogP contribution in [-0.4, -0.2) is 33.4 Å². The van der Waals surface area contributed by atoms with Crippen LogP contribution in [0.4, 0.5) is 0 Å². The van der Waals surface area contributed by atoms with Crippen molar-refractivity contribution in [2.75, 3.05) is 0 Å². The molecular weight excluding hydrogens is 234 g/mol. The van der Waals surface area contributed by atoms with E-state index in [1.54, 1.807) is 0 Å². The molecule has 0 aromatic heterocycles. The normalized spacial score (nSPS) is 23.6. The third-order valence-corrected chi connectivity index (χ3v) is 3.26. The van der Waals surface area contributed by atoms with Crippen molar-refractivity contribution >= 4 is 5.91 Å². The third-order valence-electron chi connectivity index (χ3n) is 3.26. The van der Waals surface area contributed by atoms with Crippen molar-refractivity contribution in [3.05, 3.63) is 23.8 Å². The highest BCUT2D eigenvalue weighted by atomic mass is 16.3. The molecule has 1 aromatic carbocycles. The van der Waals surface area contributed by atoms with Gasteiger partial charge in [-0.2, -0.15) is 0 Å². The van der Waals surface area contributed by atoms with Gasteiger partial charge in [-0.15, -0.1) is 0 Å². The van der Waals surface area contributed by atoms with Crippen LogP contribution in [0, 0.1) is 0 Å². The fourth-order valence-electron chi connectivity index (χ4n) is 2.20. The lowest BCUT2D eigenvalue weighted by Crippen LogP contribution is -2.38. The average Bonchev–Trinajstić information content (AvgIpc) is 2.32. The molecule has 0 bridgehead atoms. The first kappa shape index (κ1) is 12.7. The van der Waals surface area contributed by atoms with Crippen molar-refractivity contribution in [3.63, 3.8) is 0 Å². The molecular formula is C13H17NO4. The van der Waals surface area contributed by atoms with Crippen molar-refractivity contribution in [1.29, 1.82) is 0 Å². The summed E-state index contributed by atoms with van der Waals surface area (Å²) in [7, 11) is 0. The Kier molecular flexibility index (Phi) is 3.72. The van der Waals surface area contributed by atoms with Crippen molar-refractivity contribution < 1.29 is 20.1 Å². The number of phenolic OH excluding ortho intramolecular Hbond substituents is 2. The summed E-state index contributed by atoms with van der Waals surface area (Å²) in [6.45, 7) is 0. The quantitative estimate of drug-likeness (QED) is 0.634. The summed E-state index contributed by atoms with van der Waals surface area (Å²) in [6, 6.07) is 3.92. The third kappa shape index (κ3) is 2.92. The van der Waals surface area contributed by atoms with Crippen LogP contribution in [0.5, 0.6) is 11.5 Å². The second-order valence-electron chi connectivity index (χ2n) is 4.68. The molecule has 1 aliphatic rings. The lowest BCUT2D eigenvalue weighted by atomic mass is 9.93. The highest BCUT2D eigenvalue weighted by Gasteiger charge is 2.22. The maximum Gasteiger partial charge on any atom is 0.255 e. The second-order valence-corrected chi connectivity index (χ2v) is 4.68. The molecule has 0 spiro atoms. The fraction of sp³-hybridized carbons (Fsp3) is 0.462. The van der Waals surface area contributed by atoms with E-state index < -0.39 is 0 Å². The van der Waals surface area contributed by atoms with E-state index in [2.05, 4.69) is 5.32 Å². The highest BCUT2D eigenvalue weighted by molar-refractivity contribution is 5.97. The van der Waals surface area contributed by atoms with Gasteiger partial charge in [0.2, 0.25) is 0 Å². The van der Waals surface area contributed by atoms with Crippen LogP contribution >= 0.6 is 0 Å². The predicted molar refractivity (Wildman–Crippen MR) is 65.5 cm³/mol. The number of aromatic hydroxyl groups is 2. The number of phenols is 2. The van der Waals surface area contributed by atoms with Crippen molar-refractivity contribution in [3.8, 4) is 11.5 Å². The van der Waals surface area contributed by atoms with Gasteiger partial charge in [-0.05, 0) is 37.8 Å². The summed E-state index contributed by atoms with van der Waals surface area (Å²) >= 11 is 0. The second kappa shape index (κ2) is 5.27. The molecule has 0 aliphatic heterocycles. The van der Waals surface area contributed by atoms with Crippen LogP contribution in [0.3, 0.4) is 0 Å². The van der Waals surface area contributed by atoms with E-state index in [1.165, 1.54) is 12.1 Å². The van der Waals surface area contributed by atoms with Gasteiger partial charge in [0.25, 0.3) is 5.91 Å². The van der Waals surface area contributed by atoms with Crippen molar-refractivity contribution in [2.45, 2.75) is 37.8 Å². The van der Waals surface area contributed by atoms with E-state index in [0.29, 0.717) is 12.8 Å². The average molecular weight is 251 g/mol. The summed E-state index contributed by atoms with van der Waals surface area (Å²) in [6.07, 6.45) is 2.59. The molecule has 4 N–H and O–H groups in total. The largest absolute Gasteiger partial charge is 0.508 e. The SMILES string of the molecule is O=C(NC1CCC(O)CC1)c1ccc(O)cc1O. The van der Waals surface area contributed by atoms with Gasteiger partial charge >= 0.3 is 0 Å². The summed E-state index contributed by atoms with van der Waals surface area (Å²) in [4.78, 5) is 11.9. The number of hydrogen-bond acceptors (Lipinski definition) is 4. The Morgan fingerprint density at radius 1 is 1.17 bits per heavy atom. The monoisotopic (exact) mass is 251 g/mol. The molecule has 5 heteroatoms. The van der Waals surface area contributed by atoms with Gasteiger partial charge in [-0.1, -0.05) is 0 Å². The topological polar surface area (TPSA) is 89.8 Å². The summed E-state index contributed by atoms with van der Waals surface area (Å²) in [5.41, 5.74) is 0.152. The van der Waals surface area contributed by atoms with Crippen LogP contribution in [0.15, 0.2) is 18.2 Å². The first-order valence-electron chi connectivity index (χ1n) is 6.07. The maximum absolute atomic E-state index is 11.9. The Hall–Kier alpha value is -1.75. The number of rotatable bonds is 2. The van der Waals surface area contributed by atoms with E-state index in [9.17, 15) is 15.0 Å². The van der Waals surface area contributed by atoms with Gasteiger partial charge in [-0.25, -0.2) is 0 Å². The molecule has 1 fully saturated rings. The van der Waals surface area contributed by atoms with Gasteiger partial charge in [-0.3, -0.25) is 4.79 Å². The molecule has 1 amide bonds. The molecule has 98 valence electrons. The molecule has 0 heterocycles. The van der Waals surface area contributed by atoms with Crippen LogP contribution in [0.25, 0.3) is 0 Å². The summed E-state index contributed by atoms with van der Waals surface area (Å²) < 4.78 is 0. The van der Waals surface area contributed by atoms with Crippen LogP contribution in [0.2, 0.25) is 0 Å². The number of nitrogens with one attached hydrogen (secondary N) is 1. The Morgan fingerprint density at radius 2 is 1.83 bits per heavy atom. The zero-order valence-electron chi connectivity index (χ0n) is 9.97. The number of benzene rings is 1. The zero-order chi connectivity index (χ0) is 13.1. The smallest absolute Gasteiger partial charge is 0.255 e. The number of carbonyl (C=O) groups excluding carboxylic acids is 1. The maximum atomic E-state index is 11.9. The molecule has 18 heavy (non-hydrogen) atoms. The van der Waals surface area contributed by atoms with Crippen LogP contribution in [-0.2, 0) is 0 Å². The van der Waals surface area contributed by atoms with Gasteiger partial charge in [0, 0.05) is 12.1 Å². The van der Waals surface area contributed by atoms with E-state index >= 15 is 0 Å². The van der Waals surface area contributed by atoms with Gasteiger partial charge in [0.15, 0.2) is 0 Å². The fourth-order valence-corrected chi connectivity index (χ4v) is 2.20. The number of carbonyl (C=O) groups is 1. The lowest BCUT2D eigenvalue weighted by molar-refractivity contribution is 0.0865. The minimum atomic E-state index is -0.353. The number of amides is 1. The summed E-state index contributed by atoms with van der Waals surface area (Å²) in [5.74, 6) is -0.665. The Bertz CT molecular complexity index is 439. The molecule has 0 atom stereocenters. The number of aliphatic hydroxyl groups is 1. The van der Waals surface area contributed by atoms with E-state index in [-0.39, 0.29) is 35.1 Å². The van der Waals surface area contributed by atoms with Gasteiger partial charge < -0.3 is 20.6 Å². The summed E-state index contributed by atoms with van der Waals surface area (Å²) in [5, 5.41) is 30.9. The Balaban J connectivity index is 1.99. The van der Waals surface area contributed by atoms with E-state index in [1.807, 2.05) is 0 Å². The van der Waals surface area contributed by atoms with Crippen LogP contribution < -0.4 is 5.32 Å². The first-order valence-corrected chi connectivity index (χ1v) is 6.07. The van der Waals surface area contributed by atoms with Crippen molar-refractivity contribution in [2.24, 2.45) is 0 Å². The predicted octanol–water partition coefficient (Wildman–Crippen LogP) is 1.13. The number of aliphatic hydroxyl groups excluding tert-OH is 1. The van der Waals surface area contributed by atoms with E-state index in [0.717, 1.165) is 18.9 Å². The highest BCUT2D eigenvalue weighted by Crippen LogP contribution is 2.24. The molecule has 1 aliphatic carbocycles. The number of hydrogen-bond donors (Lipinski definition) is 4. The van der Waals surface area contributed by atoms with Gasteiger partial charge in [0.05, 0.1) is 11.7 Å². The zero-order valence-corrected chi connectivity index (χ0v) is 9.97. The van der Waals surface area contributed by atoms with Gasteiger partial charge in [0.1, 0.15) is 11.5 Å². The minimum absolute atomic E-state index is 0.0362. The molecule has 0 saturated heterocycles. The molecule has 1 aromatic rings. The minimum Gasteiger partial charge on any atom is -0.508 e. The van der Waals surface area contributed by atoms with E-state index in [4.69, 9.17) is 5.11 Å². The molecule has 2 rings (SSSR count). The molecule has 0 unspecified atom stereocenters. The van der Waals surface area contributed by atoms with Crippen LogP contribution in [0.1, 0.15) is 36.0 Å².